The van der Waals surface area contributed by atoms with Gasteiger partial charge in [0.05, 0.1) is 0 Å². The minimum atomic E-state index is -0.166. The summed E-state index contributed by atoms with van der Waals surface area (Å²) in [5.74, 6) is -0.166. The van der Waals surface area contributed by atoms with Gasteiger partial charge in [-0.25, -0.2) is 4.39 Å². The zero-order valence-electron chi connectivity index (χ0n) is 10.0. The van der Waals surface area contributed by atoms with Gasteiger partial charge in [0.25, 0.3) is 0 Å². The summed E-state index contributed by atoms with van der Waals surface area (Å²) in [6.07, 6.45) is 4.13. The van der Waals surface area contributed by atoms with Crippen molar-refractivity contribution in [2.24, 2.45) is 0 Å². The average Bonchev–Trinajstić information content (AvgIpc) is 2.38. The predicted octanol–water partition coefficient (Wildman–Crippen LogP) is 3.49. The number of hydrogen-bond acceptors (Lipinski definition) is 2. The number of halogens is 2. The van der Waals surface area contributed by atoms with Crippen LogP contribution in [0.3, 0.4) is 0 Å². The molecule has 1 atom stereocenters. The molecule has 1 heterocycles. The van der Waals surface area contributed by atoms with Gasteiger partial charge in [-0.2, -0.15) is 0 Å². The molecule has 0 aliphatic carbocycles. The minimum Gasteiger partial charge on any atom is -0.313 e. The van der Waals surface area contributed by atoms with Crippen LogP contribution in [-0.4, -0.2) is 12.0 Å². The van der Waals surface area contributed by atoms with E-state index in [1.807, 2.05) is 25.2 Å². The smallest absolute Gasteiger partial charge is 0.126 e. The standard InChI is InChI=1S/C14H14BrFN2/c1-17-14(11-6-12(15)9-18-8-11)7-10-4-2-3-5-13(10)16/h2-6,8-9,14,17H,7H2,1H3. The molecule has 4 heteroatoms. The van der Waals surface area contributed by atoms with Crippen LogP contribution in [0.4, 0.5) is 4.39 Å². The summed E-state index contributed by atoms with van der Waals surface area (Å²) in [5.41, 5.74) is 1.74. The average molecular weight is 309 g/mol. The molecule has 0 saturated heterocycles. The van der Waals surface area contributed by atoms with Crippen LogP contribution in [0.15, 0.2) is 47.2 Å². The first-order valence-electron chi connectivity index (χ1n) is 5.72. The van der Waals surface area contributed by atoms with Crippen molar-refractivity contribution >= 4 is 15.9 Å². The number of pyridine rings is 1. The van der Waals surface area contributed by atoms with Crippen molar-refractivity contribution in [3.8, 4) is 0 Å². The number of nitrogens with one attached hydrogen (secondary N) is 1. The lowest BCUT2D eigenvalue weighted by Crippen LogP contribution is -2.19. The van der Waals surface area contributed by atoms with Crippen LogP contribution in [0.25, 0.3) is 0 Å². The fourth-order valence-electron chi connectivity index (χ4n) is 1.89. The molecule has 0 aliphatic heterocycles. The van der Waals surface area contributed by atoms with Crippen LogP contribution in [-0.2, 0) is 6.42 Å². The molecule has 2 rings (SSSR count). The van der Waals surface area contributed by atoms with E-state index in [1.54, 1.807) is 18.5 Å². The third-order valence-electron chi connectivity index (χ3n) is 2.86. The van der Waals surface area contributed by atoms with Gasteiger partial charge in [0.1, 0.15) is 5.82 Å². The summed E-state index contributed by atoms with van der Waals surface area (Å²) in [6, 6.07) is 8.89. The highest BCUT2D eigenvalue weighted by atomic mass is 79.9. The van der Waals surface area contributed by atoms with Crippen LogP contribution < -0.4 is 5.32 Å². The topological polar surface area (TPSA) is 24.9 Å². The van der Waals surface area contributed by atoms with Crippen LogP contribution in [0.5, 0.6) is 0 Å². The van der Waals surface area contributed by atoms with Crippen molar-refractivity contribution in [3.05, 3.63) is 64.1 Å². The van der Waals surface area contributed by atoms with Crippen LogP contribution in [0.2, 0.25) is 0 Å². The number of aromatic nitrogens is 1. The quantitative estimate of drug-likeness (QED) is 0.935. The Balaban J connectivity index is 2.23. The molecule has 94 valence electrons. The van der Waals surface area contributed by atoms with E-state index >= 15 is 0 Å². The summed E-state index contributed by atoms with van der Waals surface area (Å²) < 4.78 is 14.6. The molecule has 0 aliphatic rings. The van der Waals surface area contributed by atoms with Crippen molar-refractivity contribution < 1.29 is 4.39 Å². The Morgan fingerprint density at radius 3 is 2.78 bits per heavy atom. The Morgan fingerprint density at radius 2 is 2.11 bits per heavy atom. The van der Waals surface area contributed by atoms with E-state index in [1.165, 1.54) is 6.07 Å². The first-order valence-corrected chi connectivity index (χ1v) is 6.51. The predicted molar refractivity (Wildman–Crippen MR) is 73.8 cm³/mol. The van der Waals surface area contributed by atoms with Crippen LogP contribution >= 0.6 is 15.9 Å². The van der Waals surface area contributed by atoms with Crippen LogP contribution in [0, 0.1) is 5.82 Å². The third kappa shape index (κ3) is 3.15. The summed E-state index contributed by atoms with van der Waals surface area (Å²) in [5, 5.41) is 3.19. The van der Waals surface area contributed by atoms with Gasteiger partial charge in [-0.1, -0.05) is 18.2 Å². The van der Waals surface area contributed by atoms with Crippen molar-refractivity contribution in [2.45, 2.75) is 12.5 Å². The number of likely N-dealkylation sites (N-methyl/N-ethyl adjacent to an activating group) is 1. The van der Waals surface area contributed by atoms with Gasteiger partial charge < -0.3 is 5.32 Å². The van der Waals surface area contributed by atoms with Crippen molar-refractivity contribution in [3.63, 3.8) is 0 Å². The zero-order valence-corrected chi connectivity index (χ0v) is 11.6. The Hall–Kier alpha value is -1.26. The molecule has 0 fully saturated rings. The van der Waals surface area contributed by atoms with Gasteiger partial charge >= 0.3 is 0 Å². The molecule has 1 aromatic heterocycles. The summed E-state index contributed by atoms with van der Waals surface area (Å²) >= 11 is 3.40. The number of rotatable bonds is 4. The van der Waals surface area contributed by atoms with E-state index in [2.05, 4.69) is 26.2 Å². The molecule has 1 aromatic carbocycles. The zero-order chi connectivity index (χ0) is 13.0. The molecule has 0 radical (unpaired) electrons. The fourth-order valence-corrected chi connectivity index (χ4v) is 2.27. The highest BCUT2D eigenvalue weighted by Crippen LogP contribution is 2.21. The SMILES string of the molecule is CNC(Cc1ccccc1F)c1cncc(Br)c1. The number of hydrogen-bond donors (Lipinski definition) is 1. The first kappa shape index (κ1) is 13.2. The Bertz CT molecular complexity index is 531. The lowest BCUT2D eigenvalue weighted by atomic mass is 10.00. The van der Waals surface area contributed by atoms with Gasteiger partial charge in [0.15, 0.2) is 0 Å². The van der Waals surface area contributed by atoms with Gasteiger partial charge in [0.2, 0.25) is 0 Å². The Kier molecular flexibility index (Phi) is 4.44. The van der Waals surface area contributed by atoms with Crippen molar-refractivity contribution in [1.29, 1.82) is 0 Å². The van der Waals surface area contributed by atoms with Crippen LogP contribution in [0.1, 0.15) is 17.2 Å². The molecule has 2 aromatic rings. The Morgan fingerprint density at radius 1 is 1.33 bits per heavy atom. The second-order valence-electron chi connectivity index (χ2n) is 4.07. The van der Waals surface area contributed by atoms with Gasteiger partial charge in [-0.05, 0) is 52.7 Å². The third-order valence-corrected chi connectivity index (χ3v) is 3.29. The van der Waals surface area contributed by atoms with E-state index in [9.17, 15) is 4.39 Å². The molecule has 0 amide bonds. The number of benzene rings is 1. The summed E-state index contributed by atoms with van der Waals surface area (Å²) in [4.78, 5) is 4.14. The molecular weight excluding hydrogens is 295 g/mol. The van der Waals surface area contributed by atoms with E-state index in [-0.39, 0.29) is 11.9 Å². The molecular formula is C14H14BrFN2. The summed E-state index contributed by atoms with van der Waals surface area (Å²) in [7, 11) is 1.87. The monoisotopic (exact) mass is 308 g/mol. The molecule has 0 saturated carbocycles. The number of nitrogens with zero attached hydrogens (tertiary/aromatic N) is 1. The molecule has 1 unspecified atom stereocenters. The second kappa shape index (κ2) is 6.07. The maximum absolute atomic E-state index is 13.6. The molecule has 1 N–H and O–H groups in total. The normalized spacial score (nSPS) is 12.4. The lowest BCUT2D eigenvalue weighted by Gasteiger charge is -2.17. The maximum Gasteiger partial charge on any atom is 0.126 e. The van der Waals surface area contributed by atoms with E-state index in [0.29, 0.717) is 12.0 Å². The second-order valence-corrected chi connectivity index (χ2v) is 4.99. The van der Waals surface area contributed by atoms with Crippen molar-refractivity contribution in [1.82, 2.24) is 10.3 Å². The van der Waals surface area contributed by atoms with E-state index in [0.717, 1.165) is 10.0 Å². The molecule has 0 bridgehead atoms. The maximum atomic E-state index is 13.6. The van der Waals surface area contributed by atoms with E-state index < -0.39 is 0 Å². The highest BCUT2D eigenvalue weighted by Gasteiger charge is 2.13. The highest BCUT2D eigenvalue weighted by molar-refractivity contribution is 9.10. The van der Waals surface area contributed by atoms with Crippen molar-refractivity contribution in [2.75, 3.05) is 7.05 Å². The van der Waals surface area contributed by atoms with Gasteiger partial charge in [-0.3, -0.25) is 4.98 Å². The lowest BCUT2D eigenvalue weighted by molar-refractivity contribution is 0.553. The Labute approximate surface area is 114 Å². The molecule has 18 heavy (non-hydrogen) atoms. The molecule has 0 spiro atoms. The molecule has 2 nitrogen and oxygen atoms in total. The van der Waals surface area contributed by atoms with E-state index in [4.69, 9.17) is 0 Å². The fraction of sp³-hybridized carbons (Fsp3) is 0.214. The largest absolute Gasteiger partial charge is 0.313 e. The summed E-state index contributed by atoms with van der Waals surface area (Å²) in [6.45, 7) is 0. The van der Waals surface area contributed by atoms with Gasteiger partial charge in [-0.15, -0.1) is 0 Å². The van der Waals surface area contributed by atoms with Gasteiger partial charge in [0, 0.05) is 22.9 Å². The first-order chi connectivity index (χ1) is 8.70. The minimum absolute atomic E-state index is 0.0481.